The molecular formula is C52H46N2O12. The van der Waals surface area contributed by atoms with Gasteiger partial charge in [-0.3, -0.25) is 9.59 Å². The molecule has 0 aromatic heterocycles. The average Bonchev–Trinajstić information content (AvgIpc) is 4.04. The Labute approximate surface area is 379 Å². The molecule has 0 spiro atoms. The van der Waals surface area contributed by atoms with Crippen molar-refractivity contribution in [3.05, 3.63) is 179 Å². The number of carbonyl (C=O) groups excluding carboxylic acids is 4. The van der Waals surface area contributed by atoms with Gasteiger partial charge in [-0.25, -0.2) is 19.2 Å². The summed E-state index contributed by atoms with van der Waals surface area (Å²) < 4.78 is 22.0. The molecule has 8 rings (SSSR count). The summed E-state index contributed by atoms with van der Waals surface area (Å²) in [4.78, 5) is 73.3. The second-order valence-corrected chi connectivity index (χ2v) is 16.1. The Balaban J connectivity index is 0.000000198. The smallest absolute Gasteiger partial charge is 0.343 e. The first-order valence-corrected chi connectivity index (χ1v) is 21.2. The molecule has 0 amide bonds. The second-order valence-electron chi connectivity index (χ2n) is 16.1. The van der Waals surface area contributed by atoms with Crippen molar-refractivity contribution >= 4 is 47.2 Å². The summed E-state index contributed by atoms with van der Waals surface area (Å²) in [6.07, 6.45) is 6.19. The number of aromatic carboxylic acids is 2. The van der Waals surface area contributed by atoms with Gasteiger partial charge in [-0.2, -0.15) is 0 Å². The quantitative estimate of drug-likeness (QED) is 0.0510. The van der Waals surface area contributed by atoms with Crippen LogP contribution in [0.2, 0.25) is 0 Å². The molecule has 6 aromatic rings. The normalized spacial score (nSPS) is 14.4. The summed E-state index contributed by atoms with van der Waals surface area (Å²) in [5.41, 5.74) is 13.4. The molecule has 66 heavy (non-hydrogen) atoms. The van der Waals surface area contributed by atoms with Crippen molar-refractivity contribution in [3.63, 3.8) is 0 Å². The first-order chi connectivity index (χ1) is 31.7. The Morgan fingerprint density at radius 1 is 0.364 bits per heavy atom. The van der Waals surface area contributed by atoms with Gasteiger partial charge < -0.3 is 40.6 Å². The van der Waals surface area contributed by atoms with Gasteiger partial charge in [-0.05, 0) is 158 Å². The van der Waals surface area contributed by atoms with Crippen molar-refractivity contribution in [1.82, 2.24) is 0 Å². The minimum atomic E-state index is -1.07. The largest absolute Gasteiger partial charge is 0.478 e. The van der Waals surface area contributed by atoms with Gasteiger partial charge in [0.2, 0.25) is 0 Å². The molecule has 14 nitrogen and oxygen atoms in total. The Morgan fingerprint density at radius 3 is 0.909 bits per heavy atom. The highest BCUT2D eigenvalue weighted by atomic mass is 16.5. The second kappa shape index (κ2) is 20.1. The fourth-order valence-corrected chi connectivity index (χ4v) is 8.17. The van der Waals surface area contributed by atoms with E-state index in [2.05, 4.69) is 0 Å². The van der Waals surface area contributed by atoms with Gasteiger partial charge in [-0.1, -0.05) is 49.9 Å². The third-order valence-corrected chi connectivity index (χ3v) is 11.8. The lowest BCUT2D eigenvalue weighted by Crippen LogP contribution is -2.36. The summed E-state index contributed by atoms with van der Waals surface area (Å²) in [5.74, 6) is -2.56. The number of rotatable bonds is 12. The molecule has 6 N–H and O–H groups in total. The van der Waals surface area contributed by atoms with Crippen molar-refractivity contribution in [2.45, 2.75) is 62.2 Å². The van der Waals surface area contributed by atoms with Crippen LogP contribution in [0, 0.1) is 0 Å². The van der Waals surface area contributed by atoms with E-state index in [0.717, 1.165) is 36.8 Å². The molecule has 0 heterocycles. The Morgan fingerprint density at radius 2 is 0.621 bits per heavy atom. The van der Waals surface area contributed by atoms with E-state index in [-0.39, 0.29) is 34.2 Å². The molecule has 0 saturated heterocycles. The van der Waals surface area contributed by atoms with E-state index in [1.165, 1.54) is 48.5 Å². The predicted octanol–water partition coefficient (Wildman–Crippen LogP) is 9.21. The van der Waals surface area contributed by atoms with E-state index >= 15 is 0 Å². The molecule has 336 valence electrons. The first kappa shape index (κ1) is 45.8. The van der Waals surface area contributed by atoms with Crippen molar-refractivity contribution in [2.75, 3.05) is 11.5 Å². The van der Waals surface area contributed by atoms with Crippen LogP contribution in [-0.4, -0.2) is 46.0 Å². The third kappa shape index (κ3) is 10.6. The van der Waals surface area contributed by atoms with E-state index < -0.39 is 40.7 Å². The van der Waals surface area contributed by atoms with Crippen LogP contribution in [0.15, 0.2) is 146 Å². The Bertz CT molecular complexity index is 2700. The molecule has 2 aliphatic rings. The maximum Gasteiger partial charge on any atom is 0.343 e. The van der Waals surface area contributed by atoms with Crippen LogP contribution in [0.25, 0.3) is 0 Å². The number of carboxylic acids is 2. The van der Waals surface area contributed by atoms with Crippen LogP contribution in [0.1, 0.15) is 104 Å². The van der Waals surface area contributed by atoms with E-state index in [1.807, 2.05) is 12.1 Å². The summed E-state index contributed by atoms with van der Waals surface area (Å²) in [7, 11) is 0. The third-order valence-electron chi connectivity index (χ3n) is 11.8. The lowest BCUT2D eigenvalue weighted by Gasteiger charge is -2.27. The molecule has 6 aromatic carbocycles. The number of hydrogen-bond donors (Lipinski definition) is 4. The van der Waals surface area contributed by atoms with Gasteiger partial charge in [0.25, 0.3) is 0 Å². The number of nitrogens with two attached hydrogens (primary N) is 2. The summed E-state index contributed by atoms with van der Waals surface area (Å²) in [6.45, 7) is 0. The lowest BCUT2D eigenvalue weighted by molar-refractivity contribution is -0.141. The molecule has 2 fully saturated rings. The number of esters is 4. The highest BCUT2D eigenvalue weighted by Crippen LogP contribution is 2.44. The zero-order valence-electron chi connectivity index (χ0n) is 35.6. The standard InChI is InChI=1S/C27H22O8.C25H24N2O4/c28-23(29)17-5-11-21(12-6-17)34-25(32)19-3-9-20(10-4-19)27(15-1-2-16-27)26(33)35-22-13-7-18(8-14-22)24(30)31;26-19-7-11-21(12-8-19)30-23(28)17-3-5-18(6-4-17)25(15-1-2-16-25)24(29)31-22-13-9-20(27)10-14-22/h3-14H,1-2,15-16H2,(H,28,29)(H,30,31);3-14H,1-2,15-16,26-27H2. The maximum atomic E-state index is 13.2. The maximum absolute atomic E-state index is 13.2. The highest BCUT2D eigenvalue weighted by Gasteiger charge is 2.45. The minimum Gasteiger partial charge on any atom is -0.478 e. The van der Waals surface area contributed by atoms with Crippen molar-refractivity contribution in [1.29, 1.82) is 0 Å². The molecule has 2 aliphatic carbocycles. The molecule has 0 aliphatic heterocycles. The lowest BCUT2D eigenvalue weighted by atomic mass is 9.78. The van der Waals surface area contributed by atoms with E-state index in [9.17, 15) is 28.8 Å². The SMILES string of the molecule is Nc1ccc(OC(=O)c2ccc(C3(C(=O)Oc4ccc(N)cc4)CCCC3)cc2)cc1.O=C(O)c1ccc(OC(=O)c2ccc(C3(C(=O)Oc4ccc(C(=O)O)cc4)CCCC3)cc2)cc1. The topological polar surface area (TPSA) is 232 Å². The number of carboxylic acid groups (broad SMARTS) is 2. The van der Waals surface area contributed by atoms with E-state index in [1.54, 1.807) is 84.9 Å². The number of hydrogen-bond acceptors (Lipinski definition) is 12. The van der Waals surface area contributed by atoms with Crippen molar-refractivity contribution in [2.24, 2.45) is 0 Å². The molecular weight excluding hydrogens is 845 g/mol. The van der Waals surface area contributed by atoms with E-state index in [4.69, 9.17) is 40.6 Å². The van der Waals surface area contributed by atoms with Gasteiger partial charge >= 0.3 is 35.8 Å². The van der Waals surface area contributed by atoms with Gasteiger partial charge in [0.05, 0.1) is 33.1 Å². The Kier molecular flexibility index (Phi) is 13.9. The zero-order chi connectivity index (χ0) is 46.8. The van der Waals surface area contributed by atoms with Gasteiger partial charge in [0, 0.05) is 11.4 Å². The summed E-state index contributed by atoms with van der Waals surface area (Å²) in [5, 5.41) is 18.0. The number of benzene rings is 6. The van der Waals surface area contributed by atoms with Crippen LogP contribution >= 0.6 is 0 Å². The van der Waals surface area contributed by atoms with Crippen molar-refractivity contribution in [3.8, 4) is 23.0 Å². The number of nitrogen functional groups attached to an aromatic ring is 2. The van der Waals surface area contributed by atoms with Crippen LogP contribution in [0.4, 0.5) is 11.4 Å². The average molecular weight is 891 g/mol. The highest BCUT2D eigenvalue weighted by molar-refractivity contribution is 5.93. The van der Waals surface area contributed by atoms with Gasteiger partial charge in [-0.15, -0.1) is 0 Å². The Hall–Kier alpha value is -8.26. The number of carbonyl (C=O) groups is 6. The zero-order valence-corrected chi connectivity index (χ0v) is 35.6. The van der Waals surface area contributed by atoms with Gasteiger partial charge in [0.1, 0.15) is 23.0 Å². The van der Waals surface area contributed by atoms with Crippen LogP contribution in [0.3, 0.4) is 0 Å². The number of anilines is 2. The van der Waals surface area contributed by atoms with Crippen LogP contribution in [-0.2, 0) is 20.4 Å². The molecule has 0 radical (unpaired) electrons. The fourth-order valence-electron chi connectivity index (χ4n) is 8.17. The van der Waals surface area contributed by atoms with Crippen molar-refractivity contribution < 1.29 is 57.9 Å². The van der Waals surface area contributed by atoms with Crippen LogP contribution in [0.5, 0.6) is 23.0 Å². The van der Waals surface area contributed by atoms with Crippen LogP contribution < -0.4 is 30.4 Å². The monoisotopic (exact) mass is 890 g/mol. The summed E-state index contributed by atoms with van der Waals surface area (Å²) in [6, 6.07) is 38.1. The summed E-state index contributed by atoms with van der Waals surface area (Å²) >= 11 is 0. The van der Waals surface area contributed by atoms with E-state index in [0.29, 0.717) is 54.1 Å². The molecule has 2 saturated carbocycles. The van der Waals surface area contributed by atoms with Gasteiger partial charge in [0.15, 0.2) is 0 Å². The number of ether oxygens (including phenoxy) is 4. The molecule has 0 unspecified atom stereocenters. The molecule has 0 bridgehead atoms. The minimum absolute atomic E-state index is 0.0840. The fraction of sp³-hybridized carbons (Fsp3) is 0.192. The predicted molar refractivity (Wildman–Crippen MR) is 243 cm³/mol. The molecule has 0 atom stereocenters. The first-order valence-electron chi connectivity index (χ1n) is 21.2. The molecule has 14 heteroatoms.